The third-order valence-corrected chi connectivity index (χ3v) is 7.14. The van der Waals surface area contributed by atoms with Gasteiger partial charge in [-0.2, -0.15) is 0 Å². The minimum atomic E-state index is -0.148. The maximum absolute atomic E-state index is 13.2. The van der Waals surface area contributed by atoms with Crippen molar-refractivity contribution in [1.29, 1.82) is 0 Å². The van der Waals surface area contributed by atoms with Gasteiger partial charge < -0.3 is 10.4 Å². The van der Waals surface area contributed by atoms with Crippen molar-refractivity contribution in [1.82, 2.24) is 5.32 Å². The summed E-state index contributed by atoms with van der Waals surface area (Å²) in [5, 5.41) is 13.0. The molecular formula is C19H31NO2. The zero-order chi connectivity index (χ0) is 15.6. The number of carbonyl (C=O) groups is 1. The van der Waals surface area contributed by atoms with Crippen LogP contribution in [0.1, 0.15) is 78.1 Å². The molecule has 0 heterocycles. The average molecular weight is 305 g/mol. The second-order valence-electron chi connectivity index (χ2n) is 9.89. The number of rotatable bonds is 2. The fraction of sp³-hybridized carbons (Fsp3) is 0.947. The fourth-order valence-electron chi connectivity index (χ4n) is 7.26. The topological polar surface area (TPSA) is 49.3 Å². The van der Waals surface area contributed by atoms with Crippen molar-refractivity contribution < 1.29 is 9.90 Å². The summed E-state index contributed by atoms with van der Waals surface area (Å²) < 4.78 is 0. The minimum Gasteiger partial charge on any atom is -0.393 e. The van der Waals surface area contributed by atoms with Gasteiger partial charge in [-0.25, -0.2) is 0 Å². The van der Waals surface area contributed by atoms with E-state index in [-0.39, 0.29) is 11.5 Å². The van der Waals surface area contributed by atoms with Gasteiger partial charge in [0.15, 0.2) is 0 Å². The Hall–Kier alpha value is -0.570. The maximum Gasteiger partial charge on any atom is 0.226 e. The molecule has 4 bridgehead atoms. The van der Waals surface area contributed by atoms with Crippen molar-refractivity contribution >= 4 is 5.91 Å². The van der Waals surface area contributed by atoms with Crippen molar-refractivity contribution in [2.45, 2.75) is 90.2 Å². The highest BCUT2D eigenvalue weighted by molar-refractivity contribution is 5.83. The van der Waals surface area contributed by atoms with E-state index in [4.69, 9.17) is 0 Å². The lowest BCUT2D eigenvalue weighted by Gasteiger charge is -2.64. The summed E-state index contributed by atoms with van der Waals surface area (Å²) in [4.78, 5) is 13.2. The molecule has 0 radical (unpaired) electrons. The number of carbonyl (C=O) groups excluding carboxylic acids is 1. The van der Waals surface area contributed by atoms with Crippen LogP contribution in [0, 0.1) is 22.2 Å². The van der Waals surface area contributed by atoms with Crippen molar-refractivity contribution in [2.24, 2.45) is 22.2 Å². The summed E-state index contributed by atoms with van der Waals surface area (Å²) in [5.41, 5.74) is 0.710. The van der Waals surface area contributed by atoms with Crippen LogP contribution in [0.2, 0.25) is 0 Å². The van der Waals surface area contributed by atoms with Crippen molar-refractivity contribution in [2.75, 3.05) is 0 Å². The molecule has 0 aromatic rings. The van der Waals surface area contributed by atoms with Crippen LogP contribution < -0.4 is 5.32 Å². The monoisotopic (exact) mass is 305 g/mol. The zero-order valence-electron chi connectivity index (χ0n) is 14.2. The van der Waals surface area contributed by atoms with Crippen molar-refractivity contribution in [3.63, 3.8) is 0 Å². The van der Waals surface area contributed by atoms with Crippen molar-refractivity contribution in [3.05, 3.63) is 0 Å². The van der Waals surface area contributed by atoms with Gasteiger partial charge in [-0.3, -0.25) is 4.79 Å². The molecule has 124 valence electrons. The summed E-state index contributed by atoms with van der Waals surface area (Å²) in [6, 6.07) is 0.296. The molecule has 0 spiro atoms. The predicted octanol–water partition coefficient (Wildman–Crippen LogP) is 3.40. The Morgan fingerprint density at radius 3 is 2.09 bits per heavy atom. The van der Waals surface area contributed by atoms with Gasteiger partial charge in [0, 0.05) is 6.04 Å². The molecule has 2 atom stereocenters. The number of aliphatic hydroxyl groups is 1. The molecule has 3 nitrogen and oxygen atoms in total. The molecule has 5 saturated carbocycles. The second-order valence-corrected chi connectivity index (χ2v) is 9.89. The summed E-state index contributed by atoms with van der Waals surface area (Å²) in [6.45, 7) is 4.85. The number of nitrogens with one attached hydrogen (secondary N) is 1. The molecule has 0 aliphatic heterocycles. The maximum atomic E-state index is 13.2. The van der Waals surface area contributed by atoms with Gasteiger partial charge in [0.05, 0.1) is 11.5 Å². The van der Waals surface area contributed by atoms with Gasteiger partial charge in [0.1, 0.15) is 0 Å². The standard InChI is InChI=1S/C19H31NO2/c1-17-7-13-8-18(2,10-17)12-19(9-13,11-17)16(22)20-14-3-5-15(21)6-4-14/h13-15,21H,3-12H2,1-2H3,(H,20,22). The Kier molecular flexibility index (Phi) is 3.21. The summed E-state index contributed by atoms with van der Waals surface area (Å²) in [5.74, 6) is 1.11. The largest absolute Gasteiger partial charge is 0.393 e. The molecule has 2 N–H and O–H groups in total. The van der Waals surface area contributed by atoms with Gasteiger partial charge in [-0.1, -0.05) is 13.8 Å². The Labute approximate surface area is 134 Å². The molecule has 3 heteroatoms. The molecular weight excluding hydrogens is 274 g/mol. The normalized spacial score (nSPS) is 53.5. The Morgan fingerprint density at radius 1 is 0.955 bits per heavy atom. The van der Waals surface area contributed by atoms with Crippen LogP contribution >= 0.6 is 0 Å². The van der Waals surface area contributed by atoms with Crippen LogP contribution in [-0.2, 0) is 4.79 Å². The van der Waals surface area contributed by atoms with Crippen LogP contribution in [0.3, 0.4) is 0 Å². The SMILES string of the molecule is CC12CC3CC(C)(C1)CC(C(=O)NC1CCC(O)CC1)(C3)C2. The summed E-state index contributed by atoms with van der Waals surface area (Å²) in [7, 11) is 0. The van der Waals surface area contributed by atoms with Gasteiger partial charge in [0.25, 0.3) is 0 Å². The lowest BCUT2D eigenvalue weighted by Crippen LogP contribution is -2.60. The van der Waals surface area contributed by atoms with E-state index in [1.807, 2.05) is 0 Å². The van der Waals surface area contributed by atoms with E-state index >= 15 is 0 Å². The Bertz CT molecular complexity index is 462. The average Bonchev–Trinajstić information content (AvgIpc) is 2.37. The molecule has 5 aliphatic rings. The minimum absolute atomic E-state index is 0.0843. The third-order valence-electron chi connectivity index (χ3n) is 7.14. The molecule has 0 aromatic heterocycles. The summed E-state index contributed by atoms with van der Waals surface area (Å²) in [6.07, 6.45) is 10.8. The highest BCUT2D eigenvalue weighted by atomic mass is 16.3. The molecule has 5 fully saturated rings. The van der Waals surface area contributed by atoms with Gasteiger partial charge in [-0.15, -0.1) is 0 Å². The first kappa shape index (κ1) is 15.0. The molecule has 5 rings (SSSR count). The number of hydrogen-bond donors (Lipinski definition) is 2. The van der Waals surface area contributed by atoms with E-state index in [0.717, 1.165) is 50.9 Å². The smallest absolute Gasteiger partial charge is 0.226 e. The van der Waals surface area contributed by atoms with E-state index in [1.165, 1.54) is 19.3 Å². The first-order chi connectivity index (χ1) is 10.3. The van der Waals surface area contributed by atoms with Crippen LogP contribution in [0.25, 0.3) is 0 Å². The van der Waals surface area contributed by atoms with E-state index in [9.17, 15) is 9.90 Å². The second kappa shape index (κ2) is 4.72. The lowest BCUT2D eigenvalue weighted by atomic mass is 9.40. The molecule has 22 heavy (non-hydrogen) atoms. The lowest BCUT2D eigenvalue weighted by molar-refractivity contribution is -0.171. The third kappa shape index (κ3) is 2.40. The quantitative estimate of drug-likeness (QED) is 0.821. The fourth-order valence-corrected chi connectivity index (χ4v) is 7.26. The van der Waals surface area contributed by atoms with E-state index in [1.54, 1.807) is 0 Å². The summed E-state index contributed by atoms with van der Waals surface area (Å²) >= 11 is 0. The van der Waals surface area contributed by atoms with Gasteiger partial charge >= 0.3 is 0 Å². The van der Waals surface area contributed by atoms with Crippen LogP contribution in [-0.4, -0.2) is 23.2 Å². The first-order valence-corrected chi connectivity index (χ1v) is 9.29. The van der Waals surface area contributed by atoms with E-state index in [0.29, 0.717) is 22.8 Å². The molecule has 5 aliphatic carbocycles. The molecule has 1 amide bonds. The Balaban J connectivity index is 1.50. The van der Waals surface area contributed by atoms with E-state index < -0.39 is 0 Å². The van der Waals surface area contributed by atoms with Crippen LogP contribution in [0.4, 0.5) is 0 Å². The molecule has 0 aromatic carbocycles. The van der Waals surface area contributed by atoms with Gasteiger partial charge in [0.2, 0.25) is 5.91 Å². The number of aliphatic hydroxyl groups excluding tert-OH is 1. The highest BCUT2D eigenvalue weighted by Gasteiger charge is 2.62. The molecule has 0 saturated heterocycles. The van der Waals surface area contributed by atoms with E-state index in [2.05, 4.69) is 19.2 Å². The predicted molar refractivity (Wildman–Crippen MR) is 86.2 cm³/mol. The number of amides is 1. The number of hydrogen-bond acceptors (Lipinski definition) is 2. The highest BCUT2D eigenvalue weighted by Crippen LogP contribution is 2.69. The van der Waals surface area contributed by atoms with Crippen LogP contribution in [0.15, 0.2) is 0 Å². The van der Waals surface area contributed by atoms with Gasteiger partial charge in [-0.05, 0) is 81.0 Å². The first-order valence-electron chi connectivity index (χ1n) is 9.29. The molecule has 2 unspecified atom stereocenters. The Morgan fingerprint density at radius 2 is 1.55 bits per heavy atom. The van der Waals surface area contributed by atoms with Crippen molar-refractivity contribution in [3.8, 4) is 0 Å². The van der Waals surface area contributed by atoms with Crippen LogP contribution in [0.5, 0.6) is 0 Å². The zero-order valence-corrected chi connectivity index (χ0v) is 14.2.